The molecule has 0 radical (unpaired) electrons. The highest BCUT2D eigenvalue weighted by atomic mass is 32.2. The molecular formula is C14H16N5O5PS. The molecule has 0 spiro atoms. The van der Waals surface area contributed by atoms with Crippen molar-refractivity contribution in [1.82, 2.24) is 19.5 Å². The minimum atomic E-state index is -4.20. The van der Waals surface area contributed by atoms with Crippen LogP contribution in [0, 0.1) is 0 Å². The number of aromatic nitrogens is 4. The number of hydrogen-bond donors (Lipinski definition) is 4. The highest BCUT2D eigenvalue weighted by molar-refractivity contribution is 7.99. The summed E-state index contributed by atoms with van der Waals surface area (Å²) in [4.78, 5) is 31.0. The molecule has 138 valence electrons. The molecule has 10 nitrogen and oxygen atoms in total. The lowest BCUT2D eigenvalue weighted by atomic mass is 10.3. The van der Waals surface area contributed by atoms with Crippen molar-refractivity contribution in [2.24, 2.45) is 0 Å². The summed E-state index contributed by atoms with van der Waals surface area (Å²) in [5.41, 5.74) is 6.80. The summed E-state index contributed by atoms with van der Waals surface area (Å²) in [7, 11) is -4.20. The Hall–Kier alpha value is -2.17. The van der Waals surface area contributed by atoms with Crippen molar-refractivity contribution in [3.05, 3.63) is 30.6 Å². The summed E-state index contributed by atoms with van der Waals surface area (Å²) in [6, 6.07) is 6.71. The molecule has 3 aromatic rings. The smallest absolute Gasteiger partial charge is 0.350 e. The molecule has 2 heterocycles. The number of nitrogens with two attached hydrogens (primary N) is 1. The second kappa shape index (κ2) is 7.60. The quantitative estimate of drug-likeness (QED) is 0.261. The molecule has 12 heteroatoms. The van der Waals surface area contributed by atoms with Gasteiger partial charge in [0.05, 0.1) is 12.9 Å². The van der Waals surface area contributed by atoms with Gasteiger partial charge in [0.1, 0.15) is 22.6 Å². The van der Waals surface area contributed by atoms with Crippen LogP contribution in [0.3, 0.4) is 0 Å². The molecule has 0 bridgehead atoms. The summed E-state index contributed by atoms with van der Waals surface area (Å²) in [6.45, 7) is 0.374. The maximum absolute atomic E-state index is 10.8. The number of imidazole rings is 1. The van der Waals surface area contributed by atoms with Gasteiger partial charge in [-0.3, -0.25) is 4.57 Å². The molecule has 0 atom stereocenters. The molecule has 26 heavy (non-hydrogen) atoms. The molecule has 0 aliphatic rings. The number of hydrogen-bond acceptors (Lipinski definition) is 8. The molecule has 1 aromatic carbocycles. The van der Waals surface area contributed by atoms with Gasteiger partial charge in [-0.25, -0.2) is 9.97 Å². The normalized spacial score (nSPS) is 11.9. The van der Waals surface area contributed by atoms with E-state index in [9.17, 15) is 9.67 Å². The van der Waals surface area contributed by atoms with E-state index >= 15 is 0 Å². The van der Waals surface area contributed by atoms with Crippen molar-refractivity contribution in [2.75, 3.05) is 18.7 Å². The van der Waals surface area contributed by atoms with Crippen molar-refractivity contribution in [3.63, 3.8) is 0 Å². The van der Waals surface area contributed by atoms with Crippen molar-refractivity contribution < 1.29 is 24.2 Å². The van der Waals surface area contributed by atoms with E-state index in [1.807, 2.05) is 6.07 Å². The highest BCUT2D eigenvalue weighted by Gasteiger charge is 2.15. The monoisotopic (exact) mass is 397 g/mol. The van der Waals surface area contributed by atoms with Gasteiger partial charge >= 0.3 is 7.60 Å². The van der Waals surface area contributed by atoms with Gasteiger partial charge in [0.25, 0.3) is 0 Å². The Morgan fingerprint density at radius 1 is 1.31 bits per heavy atom. The number of ether oxygens (including phenoxy) is 1. The number of anilines is 1. The van der Waals surface area contributed by atoms with Crippen molar-refractivity contribution in [3.8, 4) is 5.75 Å². The molecule has 0 fully saturated rings. The number of aromatic hydroxyl groups is 1. The average molecular weight is 397 g/mol. The van der Waals surface area contributed by atoms with Gasteiger partial charge < -0.3 is 29.9 Å². The highest BCUT2D eigenvalue weighted by Crippen LogP contribution is 2.34. The Labute approximate surface area is 152 Å². The van der Waals surface area contributed by atoms with Crippen molar-refractivity contribution in [2.45, 2.75) is 16.5 Å². The first-order valence-electron chi connectivity index (χ1n) is 7.39. The van der Waals surface area contributed by atoms with Crippen LogP contribution >= 0.6 is 19.4 Å². The van der Waals surface area contributed by atoms with Crippen molar-refractivity contribution >= 4 is 36.5 Å². The van der Waals surface area contributed by atoms with E-state index in [0.29, 0.717) is 22.7 Å². The molecule has 5 N–H and O–H groups in total. The number of phenolic OH excluding ortho intramolecular Hbond substituents is 1. The number of fused-ring (bicyclic) bond motifs is 1. The summed E-state index contributed by atoms with van der Waals surface area (Å²) >= 11 is 1.29. The molecular weight excluding hydrogens is 381 g/mol. The maximum Gasteiger partial charge on any atom is 0.350 e. The molecule has 0 saturated heterocycles. The maximum atomic E-state index is 10.8. The zero-order valence-corrected chi connectivity index (χ0v) is 15.1. The fourth-order valence-corrected chi connectivity index (χ4v) is 3.47. The summed E-state index contributed by atoms with van der Waals surface area (Å²) in [5, 5.41) is 10.1. The fraction of sp³-hybridized carbons (Fsp3) is 0.214. The lowest BCUT2D eigenvalue weighted by Crippen LogP contribution is -2.07. The van der Waals surface area contributed by atoms with Crippen LogP contribution in [0.2, 0.25) is 0 Å². The molecule has 0 amide bonds. The summed E-state index contributed by atoms with van der Waals surface area (Å²) < 4.78 is 17.4. The van der Waals surface area contributed by atoms with E-state index in [1.165, 1.54) is 18.1 Å². The van der Waals surface area contributed by atoms with Gasteiger partial charge in [-0.1, -0.05) is 17.8 Å². The fourth-order valence-electron chi connectivity index (χ4n) is 2.17. The van der Waals surface area contributed by atoms with Gasteiger partial charge in [-0.05, 0) is 18.2 Å². The first-order valence-corrected chi connectivity index (χ1v) is 10.0. The predicted octanol–water partition coefficient (Wildman–Crippen LogP) is 1.42. The third kappa shape index (κ3) is 4.71. The predicted molar refractivity (Wildman–Crippen MR) is 94.8 cm³/mol. The SMILES string of the molecule is Nc1nc(Sc2cccc(O)c2)c2ncn(CCOCP(=O)(O)O)c2n1. The molecule has 0 saturated carbocycles. The van der Waals surface area contributed by atoms with Crippen LogP contribution in [0.5, 0.6) is 5.75 Å². The van der Waals surface area contributed by atoms with Gasteiger partial charge in [-0.15, -0.1) is 0 Å². The molecule has 0 aliphatic carbocycles. The van der Waals surface area contributed by atoms with E-state index in [2.05, 4.69) is 15.0 Å². The van der Waals surface area contributed by atoms with Crippen LogP contribution in [-0.4, -0.2) is 47.4 Å². The second-order valence-corrected chi connectivity index (χ2v) is 7.95. The van der Waals surface area contributed by atoms with Crippen molar-refractivity contribution in [1.29, 1.82) is 0 Å². The van der Waals surface area contributed by atoms with E-state index in [1.54, 1.807) is 22.8 Å². The number of phenols is 1. The number of nitrogens with zero attached hydrogens (tertiary/aromatic N) is 4. The standard InChI is InChI=1S/C14H16N5O5PS/c15-14-17-12-11(13(18-14)26-10-3-1-2-9(20)6-10)16-7-19(12)4-5-24-8-25(21,22)23/h1-3,6-7,20H,4-5,8H2,(H2,15,17,18)(H2,21,22,23). The van der Waals surface area contributed by atoms with Crippen LogP contribution in [-0.2, 0) is 15.8 Å². The molecule has 0 unspecified atom stereocenters. The third-order valence-electron chi connectivity index (χ3n) is 3.22. The number of benzene rings is 1. The van der Waals surface area contributed by atoms with Gasteiger partial charge in [0, 0.05) is 11.4 Å². The minimum Gasteiger partial charge on any atom is -0.508 e. The van der Waals surface area contributed by atoms with E-state index in [-0.39, 0.29) is 18.3 Å². The molecule has 2 aromatic heterocycles. The Morgan fingerprint density at radius 3 is 2.85 bits per heavy atom. The molecule has 3 rings (SSSR count). The van der Waals surface area contributed by atoms with E-state index in [0.717, 1.165) is 4.90 Å². The molecule has 0 aliphatic heterocycles. The minimum absolute atomic E-state index is 0.0676. The number of rotatable bonds is 7. The van der Waals surface area contributed by atoms with Crippen LogP contribution in [0.25, 0.3) is 11.2 Å². The van der Waals surface area contributed by atoms with Crippen LogP contribution in [0.4, 0.5) is 5.95 Å². The zero-order valence-electron chi connectivity index (χ0n) is 13.4. The first-order chi connectivity index (χ1) is 12.3. The Balaban J connectivity index is 1.81. The Morgan fingerprint density at radius 2 is 2.12 bits per heavy atom. The third-order valence-corrected chi connectivity index (χ3v) is 4.70. The van der Waals surface area contributed by atoms with Gasteiger partial charge in [0.15, 0.2) is 5.65 Å². The van der Waals surface area contributed by atoms with E-state index < -0.39 is 13.9 Å². The number of nitrogen functional groups attached to an aromatic ring is 1. The largest absolute Gasteiger partial charge is 0.508 e. The van der Waals surface area contributed by atoms with Crippen LogP contribution in [0.15, 0.2) is 40.5 Å². The topological polar surface area (TPSA) is 157 Å². The Kier molecular flexibility index (Phi) is 5.44. The zero-order chi connectivity index (χ0) is 18.7. The first kappa shape index (κ1) is 18.6. The summed E-state index contributed by atoms with van der Waals surface area (Å²) in [6.07, 6.45) is 0.890. The van der Waals surface area contributed by atoms with Gasteiger partial charge in [0.2, 0.25) is 5.95 Å². The lowest BCUT2D eigenvalue weighted by Gasteiger charge is -2.07. The summed E-state index contributed by atoms with van der Waals surface area (Å²) in [5.74, 6) is 0.207. The van der Waals surface area contributed by atoms with E-state index in [4.69, 9.17) is 20.3 Å². The van der Waals surface area contributed by atoms with Gasteiger partial charge in [-0.2, -0.15) is 4.98 Å². The van der Waals surface area contributed by atoms with Crippen LogP contribution in [0.1, 0.15) is 0 Å². The lowest BCUT2D eigenvalue weighted by molar-refractivity contribution is 0.149. The Bertz CT molecular complexity index is 976. The second-order valence-electron chi connectivity index (χ2n) is 5.30. The average Bonchev–Trinajstić information content (AvgIpc) is 2.94. The van der Waals surface area contributed by atoms with Crippen LogP contribution < -0.4 is 5.73 Å².